The van der Waals surface area contributed by atoms with Crippen LogP contribution in [0.3, 0.4) is 0 Å². The standard InChI is InChI=1S/C18H20N4/c1-14-4-6-16(7-5-14)18-17(13-21-22-18)12-20-10-8-15-3-2-9-19-11-15/h2-7,9,11,13,20H,8,10,12H2,1H3,(H,21,22). The van der Waals surface area contributed by atoms with Gasteiger partial charge in [-0.25, -0.2) is 0 Å². The van der Waals surface area contributed by atoms with Gasteiger partial charge in [-0.3, -0.25) is 10.1 Å². The van der Waals surface area contributed by atoms with Crippen molar-refractivity contribution in [2.24, 2.45) is 0 Å². The van der Waals surface area contributed by atoms with E-state index in [2.05, 4.69) is 57.8 Å². The van der Waals surface area contributed by atoms with Crippen LogP contribution in [0.5, 0.6) is 0 Å². The van der Waals surface area contributed by atoms with Crippen molar-refractivity contribution in [1.29, 1.82) is 0 Å². The maximum absolute atomic E-state index is 4.18. The van der Waals surface area contributed by atoms with E-state index < -0.39 is 0 Å². The van der Waals surface area contributed by atoms with E-state index in [9.17, 15) is 0 Å². The summed E-state index contributed by atoms with van der Waals surface area (Å²) in [5.74, 6) is 0. The Balaban J connectivity index is 1.57. The third-order valence-electron chi connectivity index (χ3n) is 3.69. The van der Waals surface area contributed by atoms with Crippen LogP contribution in [-0.2, 0) is 13.0 Å². The number of pyridine rings is 1. The van der Waals surface area contributed by atoms with E-state index in [1.54, 1.807) is 6.20 Å². The average molecular weight is 292 g/mol. The average Bonchev–Trinajstić information content (AvgIpc) is 3.02. The van der Waals surface area contributed by atoms with Gasteiger partial charge in [-0.1, -0.05) is 35.9 Å². The lowest BCUT2D eigenvalue weighted by Gasteiger charge is -2.06. The van der Waals surface area contributed by atoms with Gasteiger partial charge < -0.3 is 5.32 Å². The predicted octanol–water partition coefficient (Wildman–Crippen LogP) is 3.11. The first kappa shape index (κ1) is 14.5. The molecule has 0 aliphatic carbocycles. The summed E-state index contributed by atoms with van der Waals surface area (Å²) in [5.41, 5.74) is 5.97. The van der Waals surface area contributed by atoms with Crippen LogP contribution in [0.4, 0.5) is 0 Å². The van der Waals surface area contributed by atoms with Crippen molar-refractivity contribution in [3.05, 3.63) is 71.7 Å². The van der Waals surface area contributed by atoms with Crippen LogP contribution in [0.15, 0.2) is 55.0 Å². The molecule has 0 bridgehead atoms. The number of nitrogens with zero attached hydrogens (tertiary/aromatic N) is 2. The Labute approximate surface area is 130 Å². The highest BCUT2D eigenvalue weighted by molar-refractivity contribution is 5.62. The molecule has 112 valence electrons. The van der Waals surface area contributed by atoms with Crippen molar-refractivity contribution >= 4 is 0 Å². The lowest BCUT2D eigenvalue weighted by molar-refractivity contribution is 0.687. The van der Waals surface area contributed by atoms with Gasteiger partial charge in [0, 0.05) is 24.5 Å². The fourth-order valence-corrected chi connectivity index (χ4v) is 2.42. The van der Waals surface area contributed by atoms with E-state index in [4.69, 9.17) is 0 Å². The molecule has 2 aromatic heterocycles. The zero-order chi connectivity index (χ0) is 15.2. The Kier molecular flexibility index (Phi) is 4.61. The van der Waals surface area contributed by atoms with E-state index in [1.807, 2.05) is 18.5 Å². The molecular weight excluding hydrogens is 272 g/mol. The van der Waals surface area contributed by atoms with Crippen molar-refractivity contribution in [1.82, 2.24) is 20.5 Å². The monoisotopic (exact) mass is 292 g/mol. The molecule has 22 heavy (non-hydrogen) atoms. The molecule has 0 fully saturated rings. The molecule has 0 saturated heterocycles. The van der Waals surface area contributed by atoms with Gasteiger partial charge in [0.05, 0.1) is 11.9 Å². The Morgan fingerprint density at radius 2 is 1.95 bits per heavy atom. The number of benzene rings is 1. The summed E-state index contributed by atoms with van der Waals surface area (Å²) in [4.78, 5) is 4.13. The van der Waals surface area contributed by atoms with Crippen LogP contribution in [0.25, 0.3) is 11.3 Å². The molecule has 0 amide bonds. The van der Waals surface area contributed by atoms with Gasteiger partial charge >= 0.3 is 0 Å². The first-order valence-corrected chi connectivity index (χ1v) is 7.52. The van der Waals surface area contributed by atoms with Gasteiger partial charge in [-0.2, -0.15) is 5.10 Å². The smallest absolute Gasteiger partial charge is 0.0695 e. The Morgan fingerprint density at radius 3 is 2.73 bits per heavy atom. The van der Waals surface area contributed by atoms with Gasteiger partial charge in [0.1, 0.15) is 0 Å². The second-order valence-corrected chi connectivity index (χ2v) is 5.42. The van der Waals surface area contributed by atoms with Crippen LogP contribution in [0.2, 0.25) is 0 Å². The molecule has 1 aromatic carbocycles. The second kappa shape index (κ2) is 7.00. The Hall–Kier alpha value is -2.46. The molecule has 0 spiro atoms. The first-order chi connectivity index (χ1) is 10.8. The maximum atomic E-state index is 4.18. The lowest BCUT2D eigenvalue weighted by Crippen LogP contribution is -2.16. The third-order valence-corrected chi connectivity index (χ3v) is 3.69. The van der Waals surface area contributed by atoms with Crippen LogP contribution < -0.4 is 5.32 Å². The molecule has 0 aliphatic heterocycles. The largest absolute Gasteiger partial charge is 0.312 e. The summed E-state index contributed by atoms with van der Waals surface area (Å²) in [7, 11) is 0. The number of aromatic amines is 1. The SMILES string of the molecule is Cc1ccc(-c2[nH]ncc2CNCCc2cccnc2)cc1. The summed E-state index contributed by atoms with van der Waals surface area (Å²) in [6.45, 7) is 3.82. The number of aryl methyl sites for hydroxylation is 1. The quantitative estimate of drug-likeness (QED) is 0.686. The molecular formula is C18H20N4. The van der Waals surface area contributed by atoms with Crippen molar-refractivity contribution in [3.63, 3.8) is 0 Å². The van der Waals surface area contributed by atoms with Crippen LogP contribution in [0.1, 0.15) is 16.7 Å². The number of aromatic nitrogens is 3. The molecule has 4 nitrogen and oxygen atoms in total. The highest BCUT2D eigenvalue weighted by atomic mass is 15.1. The number of hydrogen-bond acceptors (Lipinski definition) is 3. The fraction of sp³-hybridized carbons (Fsp3) is 0.222. The molecule has 0 radical (unpaired) electrons. The summed E-state index contributed by atoms with van der Waals surface area (Å²) in [6, 6.07) is 12.6. The molecule has 4 heteroatoms. The molecule has 2 N–H and O–H groups in total. The predicted molar refractivity (Wildman–Crippen MR) is 88.4 cm³/mol. The van der Waals surface area contributed by atoms with Crippen molar-refractivity contribution < 1.29 is 0 Å². The summed E-state index contributed by atoms with van der Waals surface area (Å²) in [5, 5.41) is 10.8. The van der Waals surface area contributed by atoms with Crippen molar-refractivity contribution in [2.45, 2.75) is 19.9 Å². The van der Waals surface area contributed by atoms with Crippen molar-refractivity contribution in [2.75, 3.05) is 6.54 Å². The molecule has 0 saturated carbocycles. The lowest BCUT2D eigenvalue weighted by atomic mass is 10.1. The molecule has 3 rings (SSSR count). The van der Waals surface area contributed by atoms with Gasteiger partial charge in [-0.15, -0.1) is 0 Å². The van der Waals surface area contributed by atoms with Crippen molar-refractivity contribution in [3.8, 4) is 11.3 Å². The third kappa shape index (κ3) is 3.59. The van der Waals surface area contributed by atoms with Crippen LogP contribution in [-0.4, -0.2) is 21.7 Å². The van der Waals surface area contributed by atoms with Gasteiger partial charge in [0.15, 0.2) is 0 Å². The summed E-state index contributed by atoms with van der Waals surface area (Å²) in [6.07, 6.45) is 6.59. The Bertz CT molecular complexity index is 701. The highest BCUT2D eigenvalue weighted by Gasteiger charge is 2.07. The molecule has 2 heterocycles. The maximum Gasteiger partial charge on any atom is 0.0695 e. The van der Waals surface area contributed by atoms with Crippen LogP contribution >= 0.6 is 0 Å². The summed E-state index contributed by atoms with van der Waals surface area (Å²) >= 11 is 0. The first-order valence-electron chi connectivity index (χ1n) is 7.52. The minimum atomic E-state index is 0.806. The van der Waals surface area contributed by atoms with E-state index in [0.717, 1.165) is 25.2 Å². The number of hydrogen-bond donors (Lipinski definition) is 2. The van der Waals surface area contributed by atoms with E-state index in [-0.39, 0.29) is 0 Å². The molecule has 3 aromatic rings. The Morgan fingerprint density at radius 1 is 1.09 bits per heavy atom. The fourth-order valence-electron chi connectivity index (χ4n) is 2.42. The van der Waals surface area contributed by atoms with E-state index in [1.165, 1.54) is 22.3 Å². The number of nitrogens with one attached hydrogen (secondary N) is 2. The van der Waals surface area contributed by atoms with Gasteiger partial charge in [-0.05, 0) is 37.1 Å². The zero-order valence-corrected chi connectivity index (χ0v) is 12.7. The normalized spacial score (nSPS) is 10.8. The molecule has 0 unspecified atom stereocenters. The zero-order valence-electron chi connectivity index (χ0n) is 12.7. The molecule has 0 aliphatic rings. The van der Waals surface area contributed by atoms with Crippen LogP contribution in [0, 0.1) is 6.92 Å². The van der Waals surface area contributed by atoms with Gasteiger partial charge in [0.25, 0.3) is 0 Å². The topological polar surface area (TPSA) is 53.6 Å². The number of rotatable bonds is 6. The minimum absolute atomic E-state index is 0.806. The molecule has 0 atom stereocenters. The van der Waals surface area contributed by atoms with Gasteiger partial charge in [0.2, 0.25) is 0 Å². The summed E-state index contributed by atoms with van der Waals surface area (Å²) < 4.78 is 0. The van der Waals surface area contributed by atoms with E-state index >= 15 is 0 Å². The highest BCUT2D eigenvalue weighted by Crippen LogP contribution is 2.21. The number of H-pyrrole nitrogens is 1. The minimum Gasteiger partial charge on any atom is -0.312 e. The second-order valence-electron chi connectivity index (χ2n) is 5.42. The van der Waals surface area contributed by atoms with E-state index in [0.29, 0.717) is 0 Å².